The predicted molar refractivity (Wildman–Crippen MR) is 114 cm³/mol. The second-order valence-corrected chi connectivity index (χ2v) is 7.16. The molecular weight excluding hydrogens is 368 g/mol. The largest absolute Gasteiger partial charge is 0.493 e. The summed E-state index contributed by atoms with van der Waals surface area (Å²) in [7, 11) is 1.58. The van der Waals surface area contributed by atoms with Gasteiger partial charge < -0.3 is 24.4 Å². The van der Waals surface area contributed by atoms with Crippen LogP contribution in [0.4, 0.5) is 11.4 Å². The second kappa shape index (κ2) is 8.90. The van der Waals surface area contributed by atoms with E-state index in [2.05, 4.69) is 22.3 Å². The van der Waals surface area contributed by atoms with Crippen LogP contribution >= 0.6 is 0 Å². The first-order valence-corrected chi connectivity index (χ1v) is 10.0. The molecule has 0 aliphatic carbocycles. The minimum atomic E-state index is -0.190. The van der Waals surface area contributed by atoms with Crippen molar-refractivity contribution in [1.82, 2.24) is 0 Å². The molecule has 2 aliphatic heterocycles. The molecule has 0 aromatic heterocycles. The van der Waals surface area contributed by atoms with E-state index in [1.165, 1.54) is 31.0 Å². The lowest BCUT2D eigenvalue weighted by atomic mass is 10.1. The van der Waals surface area contributed by atoms with E-state index in [9.17, 15) is 4.79 Å². The first-order chi connectivity index (χ1) is 14.2. The highest BCUT2D eigenvalue weighted by Crippen LogP contribution is 2.40. The molecule has 6 heteroatoms. The van der Waals surface area contributed by atoms with Crippen LogP contribution in [0.5, 0.6) is 17.2 Å². The third-order valence-corrected chi connectivity index (χ3v) is 5.13. The van der Waals surface area contributed by atoms with Crippen LogP contribution in [0.15, 0.2) is 42.5 Å². The molecular formula is C23H26N2O4. The van der Waals surface area contributed by atoms with E-state index in [1.807, 2.05) is 24.3 Å². The summed E-state index contributed by atoms with van der Waals surface area (Å²) >= 11 is 0. The molecule has 0 saturated carbocycles. The number of nitrogens with one attached hydrogen (secondary N) is 1. The lowest BCUT2D eigenvalue weighted by Gasteiger charge is -2.28. The van der Waals surface area contributed by atoms with Crippen molar-refractivity contribution < 1.29 is 19.0 Å². The number of rotatable bonds is 5. The number of nitrogens with zero attached hydrogens (tertiary/aromatic N) is 1. The zero-order valence-electron chi connectivity index (χ0n) is 16.6. The number of methoxy groups -OCH3 is 1. The fourth-order valence-electron chi connectivity index (χ4n) is 3.65. The molecule has 1 saturated heterocycles. The standard InChI is InChI=1S/C23H26N2O4/c1-27-20-15-17(16-21-23(20)29-14-13-28-21)5-10-22(26)24-18-6-8-19(9-7-18)25-11-3-2-4-12-25/h5-10,15-16H,2-4,11-14H2,1H3,(H,24,26)/b10-5+. The van der Waals surface area contributed by atoms with E-state index < -0.39 is 0 Å². The van der Waals surface area contributed by atoms with Crippen LogP contribution in [0.25, 0.3) is 6.08 Å². The van der Waals surface area contributed by atoms with Crippen molar-refractivity contribution in [2.24, 2.45) is 0 Å². The Hall–Kier alpha value is -3.15. The number of hydrogen-bond acceptors (Lipinski definition) is 5. The minimum Gasteiger partial charge on any atom is -0.493 e. The van der Waals surface area contributed by atoms with E-state index in [1.54, 1.807) is 13.2 Å². The molecule has 2 aliphatic rings. The summed E-state index contributed by atoms with van der Waals surface area (Å²) in [6.07, 6.45) is 7.04. The summed E-state index contributed by atoms with van der Waals surface area (Å²) in [6.45, 7) is 3.20. The zero-order valence-corrected chi connectivity index (χ0v) is 16.6. The minimum absolute atomic E-state index is 0.190. The maximum Gasteiger partial charge on any atom is 0.248 e. The first kappa shape index (κ1) is 19.2. The predicted octanol–water partition coefficient (Wildman–Crippen LogP) is 4.11. The van der Waals surface area contributed by atoms with Gasteiger partial charge >= 0.3 is 0 Å². The average Bonchev–Trinajstić information content (AvgIpc) is 2.78. The molecule has 2 aromatic carbocycles. The van der Waals surface area contributed by atoms with Gasteiger partial charge in [0.05, 0.1) is 7.11 Å². The topological polar surface area (TPSA) is 60.0 Å². The number of carbonyl (C=O) groups excluding carboxylic acids is 1. The Balaban J connectivity index is 1.40. The second-order valence-electron chi connectivity index (χ2n) is 7.16. The monoisotopic (exact) mass is 394 g/mol. The molecule has 152 valence electrons. The third-order valence-electron chi connectivity index (χ3n) is 5.13. The molecule has 0 atom stereocenters. The molecule has 1 N–H and O–H groups in total. The molecule has 1 fully saturated rings. The number of ether oxygens (including phenoxy) is 3. The van der Waals surface area contributed by atoms with Crippen LogP contribution < -0.4 is 24.4 Å². The van der Waals surface area contributed by atoms with Crippen molar-refractivity contribution in [3.63, 3.8) is 0 Å². The number of carbonyl (C=O) groups is 1. The highest BCUT2D eigenvalue weighted by Gasteiger charge is 2.18. The van der Waals surface area contributed by atoms with E-state index in [0.29, 0.717) is 30.5 Å². The molecule has 2 aromatic rings. The normalized spacial score (nSPS) is 16.0. The molecule has 2 heterocycles. The van der Waals surface area contributed by atoms with Crippen LogP contribution in [-0.4, -0.2) is 39.3 Å². The van der Waals surface area contributed by atoms with Gasteiger partial charge in [-0.15, -0.1) is 0 Å². The van der Waals surface area contributed by atoms with Crippen molar-refractivity contribution in [3.05, 3.63) is 48.0 Å². The summed E-state index contributed by atoms with van der Waals surface area (Å²) in [5, 5.41) is 2.90. The third kappa shape index (κ3) is 4.65. The van der Waals surface area contributed by atoms with Gasteiger partial charge in [0.15, 0.2) is 11.5 Å². The molecule has 0 spiro atoms. The molecule has 0 bridgehead atoms. The first-order valence-electron chi connectivity index (χ1n) is 10.0. The highest BCUT2D eigenvalue weighted by atomic mass is 16.6. The van der Waals surface area contributed by atoms with Crippen molar-refractivity contribution in [2.45, 2.75) is 19.3 Å². The number of fused-ring (bicyclic) bond motifs is 1. The SMILES string of the molecule is COc1cc(/C=C/C(=O)Nc2ccc(N3CCCCC3)cc2)cc2c1OCCO2. The molecule has 0 unspecified atom stereocenters. The van der Waals surface area contributed by atoms with E-state index in [0.717, 1.165) is 24.3 Å². The fraction of sp³-hybridized carbons (Fsp3) is 0.348. The maximum absolute atomic E-state index is 12.3. The highest BCUT2D eigenvalue weighted by molar-refractivity contribution is 6.02. The van der Waals surface area contributed by atoms with Gasteiger partial charge in [0.25, 0.3) is 0 Å². The smallest absolute Gasteiger partial charge is 0.248 e. The quantitative estimate of drug-likeness (QED) is 0.774. The Bertz CT molecular complexity index is 869. The van der Waals surface area contributed by atoms with Gasteiger partial charge in [-0.2, -0.15) is 0 Å². The van der Waals surface area contributed by atoms with Gasteiger partial charge in [0.1, 0.15) is 13.2 Å². The number of benzene rings is 2. The van der Waals surface area contributed by atoms with Gasteiger partial charge in [-0.1, -0.05) is 0 Å². The Morgan fingerprint density at radius 2 is 1.83 bits per heavy atom. The van der Waals surface area contributed by atoms with Crippen LogP contribution in [0, 0.1) is 0 Å². The molecule has 0 radical (unpaired) electrons. The molecule has 4 rings (SSSR count). The lowest BCUT2D eigenvalue weighted by Crippen LogP contribution is -2.29. The summed E-state index contributed by atoms with van der Waals surface area (Å²) < 4.78 is 16.6. The van der Waals surface area contributed by atoms with Gasteiger partial charge in [-0.3, -0.25) is 4.79 Å². The number of piperidine rings is 1. The molecule has 6 nitrogen and oxygen atoms in total. The molecule has 29 heavy (non-hydrogen) atoms. The summed E-state index contributed by atoms with van der Waals surface area (Å²) in [5.74, 6) is 1.64. The summed E-state index contributed by atoms with van der Waals surface area (Å²) in [5.41, 5.74) is 2.79. The van der Waals surface area contributed by atoms with Gasteiger partial charge in [0, 0.05) is 30.5 Å². The Morgan fingerprint density at radius 1 is 1.07 bits per heavy atom. The molecule has 1 amide bonds. The van der Waals surface area contributed by atoms with Crippen LogP contribution in [0.3, 0.4) is 0 Å². The van der Waals surface area contributed by atoms with Crippen LogP contribution in [0.2, 0.25) is 0 Å². The summed E-state index contributed by atoms with van der Waals surface area (Å²) in [6, 6.07) is 11.7. The number of hydrogen-bond donors (Lipinski definition) is 1. The average molecular weight is 394 g/mol. The lowest BCUT2D eigenvalue weighted by molar-refractivity contribution is -0.111. The number of amides is 1. The van der Waals surface area contributed by atoms with Crippen LogP contribution in [-0.2, 0) is 4.79 Å². The zero-order chi connectivity index (χ0) is 20.1. The maximum atomic E-state index is 12.3. The van der Waals surface area contributed by atoms with Crippen molar-refractivity contribution in [1.29, 1.82) is 0 Å². The van der Waals surface area contributed by atoms with Gasteiger partial charge in [-0.25, -0.2) is 0 Å². The van der Waals surface area contributed by atoms with Crippen molar-refractivity contribution in [2.75, 3.05) is 43.6 Å². The van der Waals surface area contributed by atoms with E-state index >= 15 is 0 Å². The van der Waals surface area contributed by atoms with E-state index in [-0.39, 0.29) is 5.91 Å². The van der Waals surface area contributed by atoms with Crippen molar-refractivity contribution >= 4 is 23.4 Å². The summed E-state index contributed by atoms with van der Waals surface area (Å²) in [4.78, 5) is 14.7. The number of anilines is 2. The van der Waals surface area contributed by atoms with Crippen LogP contribution in [0.1, 0.15) is 24.8 Å². The Kier molecular flexibility index (Phi) is 5.89. The Morgan fingerprint density at radius 3 is 2.59 bits per heavy atom. The van der Waals surface area contributed by atoms with Gasteiger partial charge in [-0.05, 0) is 67.3 Å². The van der Waals surface area contributed by atoms with E-state index in [4.69, 9.17) is 14.2 Å². The van der Waals surface area contributed by atoms with Crippen molar-refractivity contribution in [3.8, 4) is 17.2 Å². The Labute approximate surface area is 171 Å². The fourth-order valence-corrected chi connectivity index (χ4v) is 3.65. The van der Waals surface area contributed by atoms with Gasteiger partial charge in [0.2, 0.25) is 11.7 Å².